The highest BCUT2D eigenvalue weighted by Gasteiger charge is 2.30. The Hall–Kier alpha value is -0.900. The molecule has 1 aromatic rings. The minimum Gasteiger partial charge on any atom is -0.349 e. The topological polar surface area (TPSA) is 42.0 Å². The monoisotopic (exact) mass is 322 g/mol. The van der Waals surface area contributed by atoms with Gasteiger partial charge in [-0.2, -0.15) is 0 Å². The second kappa shape index (κ2) is 7.12. The molecular formula is C18H30N2OS. The predicted octanol–water partition coefficient (Wildman–Crippen LogP) is 4.74. The van der Waals surface area contributed by atoms with Crippen LogP contribution in [0.5, 0.6) is 0 Å². The highest BCUT2D eigenvalue weighted by atomic mass is 32.1. The lowest BCUT2D eigenvalue weighted by molar-refractivity contribution is 0.0907. The molecule has 1 amide bonds. The normalized spacial score (nSPS) is 22.6. The van der Waals surface area contributed by atoms with Crippen LogP contribution in [0, 0.1) is 18.3 Å². The number of hydrogen-bond donors (Lipinski definition) is 1. The number of carbonyl (C=O) groups is 1. The Morgan fingerprint density at radius 3 is 2.45 bits per heavy atom. The third-order valence-corrected chi connectivity index (χ3v) is 5.80. The van der Waals surface area contributed by atoms with Crippen LogP contribution in [0.15, 0.2) is 0 Å². The van der Waals surface area contributed by atoms with Crippen LogP contribution in [0.1, 0.15) is 80.2 Å². The minimum absolute atomic E-state index is 0.0910. The van der Waals surface area contributed by atoms with Gasteiger partial charge in [0.25, 0.3) is 5.91 Å². The van der Waals surface area contributed by atoms with Gasteiger partial charge in [0.15, 0.2) is 0 Å². The molecule has 1 aliphatic carbocycles. The highest BCUT2D eigenvalue weighted by Crippen LogP contribution is 2.37. The summed E-state index contributed by atoms with van der Waals surface area (Å²) in [5.41, 5.74) is 1.36. The largest absolute Gasteiger partial charge is 0.349 e. The van der Waals surface area contributed by atoms with Gasteiger partial charge in [0, 0.05) is 6.04 Å². The van der Waals surface area contributed by atoms with Crippen LogP contribution in [0.4, 0.5) is 0 Å². The Kier molecular flexibility index (Phi) is 5.65. The van der Waals surface area contributed by atoms with Gasteiger partial charge in [-0.1, -0.05) is 34.1 Å². The van der Waals surface area contributed by atoms with Gasteiger partial charge in [0.2, 0.25) is 0 Å². The number of aryl methyl sites for hydroxylation is 2. The van der Waals surface area contributed by atoms with Gasteiger partial charge in [-0.05, 0) is 50.4 Å². The number of nitrogens with zero attached hydrogens (tertiary/aromatic N) is 1. The zero-order valence-corrected chi connectivity index (χ0v) is 15.5. The predicted molar refractivity (Wildman–Crippen MR) is 93.5 cm³/mol. The van der Waals surface area contributed by atoms with Crippen molar-refractivity contribution in [1.29, 1.82) is 0 Å². The van der Waals surface area contributed by atoms with E-state index in [2.05, 4.69) is 38.0 Å². The Bertz CT molecular complexity index is 508. The molecule has 0 unspecified atom stereocenters. The first-order valence-corrected chi connectivity index (χ1v) is 9.40. The second-order valence-corrected chi connectivity index (χ2v) is 8.85. The van der Waals surface area contributed by atoms with E-state index in [0.29, 0.717) is 11.5 Å². The molecule has 0 bridgehead atoms. The molecule has 1 aliphatic rings. The lowest BCUT2D eigenvalue weighted by atomic mass is 9.71. The van der Waals surface area contributed by atoms with Crippen molar-refractivity contribution in [2.45, 2.75) is 79.2 Å². The maximum absolute atomic E-state index is 12.6. The summed E-state index contributed by atoms with van der Waals surface area (Å²) in [7, 11) is 0. The number of thiazole rings is 1. The van der Waals surface area contributed by atoms with Gasteiger partial charge in [0.1, 0.15) is 4.88 Å². The Balaban J connectivity index is 1.94. The van der Waals surface area contributed by atoms with Crippen molar-refractivity contribution in [1.82, 2.24) is 10.3 Å². The van der Waals surface area contributed by atoms with Gasteiger partial charge in [-0.15, -0.1) is 11.3 Å². The van der Waals surface area contributed by atoms with Crippen molar-refractivity contribution in [3.8, 4) is 0 Å². The molecule has 4 heteroatoms. The zero-order valence-electron chi connectivity index (χ0n) is 14.7. The summed E-state index contributed by atoms with van der Waals surface area (Å²) in [4.78, 5) is 17.9. The van der Waals surface area contributed by atoms with Crippen molar-refractivity contribution in [3.05, 3.63) is 15.6 Å². The summed E-state index contributed by atoms with van der Waals surface area (Å²) in [6.07, 6.45) is 6.57. The van der Waals surface area contributed by atoms with Crippen molar-refractivity contribution < 1.29 is 4.79 Å². The Labute approximate surface area is 138 Å². The SMILES string of the molecule is CCCc1nc(C)sc1C(=O)NC1CCC(C(C)(C)C)CC1. The van der Waals surface area contributed by atoms with Crippen LogP contribution < -0.4 is 5.32 Å². The second-order valence-electron chi connectivity index (χ2n) is 7.65. The molecular weight excluding hydrogens is 292 g/mol. The van der Waals surface area contributed by atoms with Crippen LogP contribution in [-0.2, 0) is 6.42 Å². The van der Waals surface area contributed by atoms with E-state index in [4.69, 9.17) is 0 Å². The maximum Gasteiger partial charge on any atom is 0.263 e. The van der Waals surface area contributed by atoms with Gasteiger partial charge in [0.05, 0.1) is 10.7 Å². The Morgan fingerprint density at radius 2 is 1.91 bits per heavy atom. The van der Waals surface area contributed by atoms with Crippen LogP contribution in [-0.4, -0.2) is 16.9 Å². The smallest absolute Gasteiger partial charge is 0.263 e. The minimum atomic E-state index is 0.0910. The summed E-state index contributed by atoms with van der Waals surface area (Å²) >= 11 is 1.53. The first-order chi connectivity index (χ1) is 10.3. The Morgan fingerprint density at radius 1 is 1.27 bits per heavy atom. The number of rotatable bonds is 4. The van der Waals surface area contributed by atoms with Crippen molar-refractivity contribution in [3.63, 3.8) is 0 Å². The quantitative estimate of drug-likeness (QED) is 0.870. The first kappa shape index (κ1) is 17.5. The first-order valence-electron chi connectivity index (χ1n) is 8.58. The van der Waals surface area contributed by atoms with Gasteiger partial charge < -0.3 is 5.32 Å². The van der Waals surface area contributed by atoms with E-state index in [1.54, 1.807) is 0 Å². The van der Waals surface area contributed by atoms with Crippen molar-refractivity contribution in [2.75, 3.05) is 0 Å². The van der Waals surface area contributed by atoms with E-state index in [9.17, 15) is 4.79 Å². The zero-order chi connectivity index (χ0) is 16.3. The average Bonchev–Trinajstić information content (AvgIpc) is 2.80. The molecule has 3 nitrogen and oxygen atoms in total. The fourth-order valence-electron chi connectivity index (χ4n) is 3.41. The molecule has 1 fully saturated rings. The molecule has 0 saturated heterocycles. The van der Waals surface area contributed by atoms with Crippen molar-refractivity contribution in [2.24, 2.45) is 11.3 Å². The molecule has 1 aromatic heterocycles. The maximum atomic E-state index is 12.6. The summed E-state index contributed by atoms with van der Waals surface area (Å²) in [5.74, 6) is 0.871. The number of nitrogens with one attached hydrogen (secondary N) is 1. The number of carbonyl (C=O) groups excluding carboxylic acids is 1. The summed E-state index contributed by atoms with van der Waals surface area (Å²) in [6, 6.07) is 0.336. The van der Waals surface area contributed by atoms with Crippen LogP contribution in [0.25, 0.3) is 0 Å². The van der Waals surface area contributed by atoms with E-state index in [1.165, 1.54) is 24.2 Å². The lowest BCUT2D eigenvalue weighted by Gasteiger charge is -2.37. The van der Waals surface area contributed by atoms with Crippen LogP contribution >= 0.6 is 11.3 Å². The summed E-state index contributed by atoms with van der Waals surface area (Å²) in [5, 5.41) is 4.24. The van der Waals surface area contributed by atoms with E-state index in [-0.39, 0.29) is 5.91 Å². The molecule has 0 aromatic carbocycles. The summed E-state index contributed by atoms with van der Waals surface area (Å²) < 4.78 is 0. The fourth-order valence-corrected chi connectivity index (χ4v) is 4.28. The number of aromatic nitrogens is 1. The molecule has 1 N–H and O–H groups in total. The van der Waals surface area contributed by atoms with Crippen molar-refractivity contribution >= 4 is 17.2 Å². The molecule has 2 rings (SSSR count). The van der Waals surface area contributed by atoms with E-state index < -0.39 is 0 Å². The third-order valence-electron chi connectivity index (χ3n) is 4.78. The van der Waals surface area contributed by atoms with Gasteiger partial charge >= 0.3 is 0 Å². The molecule has 0 atom stereocenters. The molecule has 22 heavy (non-hydrogen) atoms. The van der Waals surface area contributed by atoms with E-state index >= 15 is 0 Å². The number of amides is 1. The fraction of sp³-hybridized carbons (Fsp3) is 0.778. The average molecular weight is 323 g/mol. The van der Waals surface area contributed by atoms with Crippen LogP contribution in [0.2, 0.25) is 0 Å². The molecule has 0 aliphatic heterocycles. The summed E-state index contributed by atoms with van der Waals surface area (Å²) in [6.45, 7) is 11.1. The number of hydrogen-bond acceptors (Lipinski definition) is 3. The highest BCUT2D eigenvalue weighted by molar-refractivity contribution is 7.13. The lowest BCUT2D eigenvalue weighted by Crippen LogP contribution is -2.39. The molecule has 124 valence electrons. The molecule has 1 heterocycles. The molecule has 0 radical (unpaired) electrons. The molecule has 1 saturated carbocycles. The van der Waals surface area contributed by atoms with E-state index in [1.807, 2.05) is 6.92 Å². The molecule has 0 spiro atoms. The third kappa shape index (κ3) is 4.31. The van der Waals surface area contributed by atoms with Crippen LogP contribution in [0.3, 0.4) is 0 Å². The van der Waals surface area contributed by atoms with Gasteiger partial charge in [-0.25, -0.2) is 4.98 Å². The van der Waals surface area contributed by atoms with Gasteiger partial charge in [-0.3, -0.25) is 4.79 Å². The van der Waals surface area contributed by atoms with E-state index in [0.717, 1.165) is 47.2 Å². The standard InChI is InChI=1S/C18H30N2OS/c1-6-7-15-16(22-12(2)19-15)17(21)20-14-10-8-13(9-11-14)18(3,4)5/h13-14H,6-11H2,1-5H3,(H,20,21).